The SMILES string of the molecule is O=C(O)[N+]1([O-])CCNC1. The summed E-state index contributed by atoms with van der Waals surface area (Å²) in [6.45, 7) is 0.625. The Labute approximate surface area is 52.1 Å². The second-order valence-corrected chi connectivity index (χ2v) is 2.05. The van der Waals surface area contributed by atoms with Gasteiger partial charge in [-0.3, -0.25) is 5.32 Å². The third-order valence-electron chi connectivity index (χ3n) is 1.37. The summed E-state index contributed by atoms with van der Waals surface area (Å²) < 4.78 is -1.14. The number of hydrogen-bond donors (Lipinski definition) is 2. The smallest absolute Gasteiger partial charge is 0.514 e. The lowest BCUT2D eigenvalue weighted by molar-refractivity contribution is -0.793. The highest BCUT2D eigenvalue weighted by atomic mass is 16.6. The van der Waals surface area contributed by atoms with Crippen LogP contribution in [0.1, 0.15) is 0 Å². The number of nitrogens with zero attached hydrogens (tertiary/aromatic N) is 1. The summed E-state index contributed by atoms with van der Waals surface area (Å²) in [5, 5.41) is 21.8. The fourth-order valence-corrected chi connectivity index (χ4v) is 0.762. The lowest BCUT2D eigenvalue weighted by atomic mass is 10.6. The van der Waals surface area contributed by atoms with E-state index in [-0.39, 0.29) is 13.2 Å². The van der Waals surface area contributed by atoms with Crippen LogP contribution in [0.5, 0.6) is 0 Å². The van der Waals surface area contributed by atoms with Gasteiger partial charge in [0.1, 0.15) is 13.2 Å². The molecule has 0 aliphatic carbocycles. The first kappa shape index (κ1) is 6.47. The first-order valence-corrected chi connectivity index (χ1v) is 2.67. The zero-order valence-corrected chi connectivity index (χ0v) is 4.83. The van der Waals surface area contributed by atoms with Gasteiger partial charge in [-0.1, -0.05) is 0 Å². The molecule has 9 heavy (non-hydrogen) atoms. The van der Waals surface area contributed by atoms with Crippen molar-refractivity contribution in [2.24, 2.45) is 0 Å². The van der Waals surface area contributed by atoms with Gasteiger partial charge >= 0.3 is 6.09 Å². The van der Waals surface area contributed by atoms with Crippen molar-refractivity contribution in [3.63, 3.8) is 0 Å². The van der Waals surface area contributed by atoms with Gasteiger partial charge in [0, 0.05) is 0 Å². The highest BCUT2D eigenvalue weighted by Crippen LogP contribution is 2.06. The van der Waals surface area contributed by atoms with E-state index in [0.29, 0.717) is 6.54 Å². The Kier molecular flexibility index (Phi) is 1.40. The summed E-state index contributed by atoms with van der Waals surface area (Å²) in [6, 6.07) is 0. The standard InChI is InChI=1S/C4H8N2O3/c7-4(8)6(9)2-1-5-3-6/h5H,1-3H2,(H,7,8). The lowest BCUT2D eigenvalue weighted by Gasteiger charge is -2.29. The largest absolute Gasteiger partial charge is 0.621 e. The molecule has 0 radical (unpaired) electrons. The minimum atomic E-state index is -1.31. The Balaban J connectivity index is 2.61. The van der Waals surface area contributed by atoms with Gasteiger partial charge in [0.05, 0.1) is 6.54 Å². The first-order valence-electron chi connectivity index (χ1n) is 2.67. The molecule has 0 bridgehead atoms. The molecule has 1 aliphatic rings. The van der Waals surface area contributed by atoms with E-state index in [2.05, 4.69) is 5.32 Å². The summed E-state index contributed by atoms with van der Waals surface area (Å²) in [4.78, 5) is 10.1. The normalized spacial score (nSPS) is 34.8. The molecule has 1 heterocycles. The molecule has 5 nitrogen and oxygen atoms in total. The number of hydroxylamine groups is 3. The maximum Gasteiger partial charge on any atom is 0.514 e. The fraction of sp³-hybridized carbons (Fsp3) is 0.750. The van der Waals surface area contributed by atoms with E-state index in [1.807, 2.05) is 0 Å². The zero-order valence-electron chi connectivity index (χ0n) is 4.83. The van der Waals surface area contributed by atoms with Crippen LogP contribution in [0.4, 0.5) is 4.79 Å². The van der Waals surface area contributed by atoms with Crippen molar-refractivity contribution in [2.45, 2.75) is 0 Å². The van der Waals surface area contributed by atoms with Gasteiger partial charge in [0.15, 0.2) is 0 Å². The van der Waals surface area contributed by atoms with Crippen LogP contribution in [-0.4, -0.2) is 35.6 Å². The minimum absolute atomic E-state index is 0.00463. The van der Waals surface area contributed by atoms with Crippen LogP contribution >= 0.6 is 0 Å². The summed E-state index contributed by atoms with van der Waals surface area (Å²) in [5.74, 6) is 0. The summed E-state index contributed by atoms with van der Waals surface area (Å²) in [5.41, 5.74) is 0. The van der Waals surface area contributed by atoms with E-state index < -0.39 is 10.7 Å². The van der Waals surface area contributed by atoms with Crippen LogP contribution in [-0.2, 0) is 0 Å². The number of carboxylic acid groups (broad SMARTS) is 1. The van der Waals surface area contributed by atoms with E-state index >= 15 is 0 Å². The quantitative estimate of drug-likeness (QED) is 0.345. The number of nitrogens with one attached hydrogen (secondary N) is 1. The molecule has 1 unspecified atom stereocenters. The van der Waals surface area contributed by atoms with E-state index in [1.54, 1.807) is 0 Å². The zero-order chi connectivity index (χ0) is 6.91. The molecule has 52 valence electrons. The van der Waals surface area contributed by atoms with Gasteiger partial charge in [-0.15, -0.1) is 0 Å². The fourth-order valence-electron chi connectivity index (χ4n) is 0.762. The topological polar surface area (TPSA) is 72.4 Å². The van der Waals surface area contributed by atoms with Crippen LogP contribution in [0.25, 0.3) is 0 Å². The van der Waals surface area contributed by atoms with Gasteiger partial charge in [-0.2, -0.15) is 4.79 Å². The second kappa shape index (κ2) is 1.94. The molecule has 1 saturated heterocycles. The van der Waals surface area contributed by atoms with Crippen LogP contribution < -0.4 is 5.32 Å². The summed E-state index contributed by atoms with van der Waals surface area (Å²) >= 11 is 0. The van der Waals surface area contributed by atoms with Crippen LogP contribution in [0.15, 0.2) is 0 Å². The number of hydrogen-bond acceptors (Lipinski definition) is 3. The van der Waals surface area contributed by atoms with Crippen molar-refractivity contribution in [2.75, 3.05) is 19.8 Å². The van der Waals surface area contributed by atoms with Crippen LogP contribution in [0.3, 0.4) is 0 Å². The highest BCUT2D eigenvalue weighted by molar-refractivity contribution is 5.57. The van der Waals surface area contributed by atoms with Gasteiger partial charge in [0.2, 0.25) is 0 Å². The predicted octanol–water partition coefficient (Wildman–Crippen LogP) is -0.460. The number of quaternary nitrogens is 1. The molecule has 0 spiro atoms. The average Bonchev–Trinajstić information content (AvgIpc) is 2.16. The first-order chi connectivity index (χ1) is 4.15. The minimum Gasteiger partial charge on any atom is -0.621 e. The Hall–Kier alpha value is -0.650. The molecule has 1 atom stereocenters. The van der Waals surface area contributed by atoms with Gasteiger partial charge in [0.25, 0.3) is 0 Å². The molecule has 0 aromatic heterocycles. The summed E-state index contributed by atoms with van der Waals surface area (Å²) in [7, 11) is 0. The van der Waals surface area contributed by atoms with Crippen molar-refractivity contribution < 1.29 is 14.5 Å². The Bertz CT molecular complexity index is 130. The molecular weight excluding hydrogens is 124 g/mol. The predicted molar refractivity (Wildman–Crippen MR) is 29.4 cm³/mol. The Morgan fingerprint density at radius 3 is 2.67 bits per heavy atom. The van der Waals surface area contributed by atoms with E-state index in [1.165, 1.54) is 0 Å². The average molecular weight is 132 g/mol. The Morgan fingerprint density at radius 1 is 1.78 bits per heavy atom. The van der Waals surface area contributed by atoms with Crippen molar-refractivity contribution in [3.8, 4) is 0 Å². The van der Waals surface area contributed by atoms with Crippen LogP contribution in [0, 0.1) is 5.21 Å². The van der Waals surface area contributed by atoms with Crippen molar-refractivity contribution >= 4 is 6.09 Å². The molecule has 1 fully saturated rings. The van der Waals surface area contributed by atoms with E-state index in [0.717, 1.165) is 0 Å². The third-order valence-corrected chi connectivity index (χ3v) is 1.37. The molecule has 1 amide bonds. The highest BCUT2D eigenvalue weighted by Gasteiger charge is 2.30. The molecule has 0 aromatic rings. The molecule has 2 N–H and O–H groups in total. The maximum absolute atomic E-state index is 10.9. The van der Waals surface area contributed by atoms with Crippen molar-refractivity contribution in [1.29, 1.82) is 0 Å². The molecule has 0 aromatic carbocycles. The van der Waals surface area contributed by atoms with E-state index in [4.69, 9.17) is 5.11 Å². The molecule has 1 aliphatic heterocycles. The van der Waals surface area contributed by atoms with E-state index in [9.17, 15) is 10.0 Å². The number of rotatable bonds is 0. The Morgan fingerprint density at radius 2 is 2.44 bits per heavy atom. The van der Waals surface area contributed by atoms with Crippen molar-refractivity contribution in [3.05, 3.63) is 5.21 Å². The van der Waals surface area contributed by atoms with Gasteiger partial charge in [-0.25, -0.2) is 4.65 Å². The third kappa shape index (κ3) is 1.02. The molecular formula is C4H8N2O3. The van der Waals surface area contributed by atoms with Crippen molar-refractivity contribution in [1.82, 2.24) is 5.32 Å². The molecule has 1 rings (SSSR count). The monoisotopic (exact) mass is 132 g/mol. The second-order valence-electron chi connectivity index (χ2n) is 2.05. The molecule has 5 heteroatoms. The van der Waals surface area contributed by atoms with Crippen LogP contribution in [0.2, 0.25) is 0 Å². The van der Waals surface area contributed by atoms with Gasteiger partial charge in [-0.05, 0) is 0 Å². The molecule has 0 saturated carbocycles. The lowest BCUT2D eigenvalue weighted by Crippen LogP contribution is -2.45. The van der Waals surface area contributed by atoms with Gasteiger partial charge < -0.3 is 10.3 Å². The number of amides is 1. The summed E-state index contributed by atoms with van der Waals surface area (Å²) in [6.07, 6.45) is -1.31. The maximum atomic E-state index is 10.9. The number of carbonyl (C=O) groups is 1.